The first-order valence-corrected chi connectivity index (χ1v) is 14.9. The molecule has 12 heteroatoms. The van der Waals surface area contributed by atoms with Crippen molar-refractivity contribution in [3.8, 4) is 17.3 Å². The third-order valence-corrected chi connectivity index (χ3v) is 8.10. The zero-order chi connectivity index (χ0) is 30.6. The highest BCUT2D eigenvalue weighted by Gasteiger charge is 2.33. The zero-order valence-electron chi connectivity index (χ0n) is 25.0. The molecule has 1 N–H and O–H groups in total. The van der Waals surface area contributed by atoms with E-state index < -0.39 is 23.9 Å². The van der Waals surface area contributed by atoms with Crippen LogP contribution < -0.4 is 10.1 Å². The van der Waals surface area contributed by atoms with E-state index in [1.807, 2.05) is 17.7 Å². The number of ether oxygens (including phenoxy) is 2. The number of piperidine rings is 1. The molecule has 0 radical (unpaired) electrons. The lowest BCUT2D eigenvalue weighted by Gasteiger charge is -2.35. The number of alkyl carbamates (subject to hydrolysis) is 1. The summed E-state index contributed by atoms with van der Waals surface area (Å²) in [5.41, 5.74) is 2.65. The smallest absolute Gasteiger partial charge is 0.407 e. The first-order valence-electron chi connectivity index (χ1n) is 14.5. The number of halogens is 2. The van der Waals surface area contributed by atoms with Gasteiger partial charge in [-0.25, -0.2) is 19.2 Å². The molecule has 2 amide bonds. The van der Waals surface area contributed by atoms with Crippen LogP contribution in [0.25, 0.3) is 33.6 Å². The highest BCUT2D eigenvalue weighted by Crippen LogP contribution is 2.38. The summed E-state index contributed by atoms with van der Waals surface area (Å²) in [6.45, 7) is 6.17. The number of carbonyl (C=O) groups excluding carboxylic acids is 2. The Kier molecular flexibility index (Phi) is 7.48. The van der Waals surface area contributed by atoms with E-state index >= 15 is 0 Å². The van der Waals surface area contributed by atoms with Gasteiger partial charge in [0.05, 0.1) is 30.9 Å². The second-order valence-electron chi connectivity index (χ2n) is 12.6. The van der Waals surface area contributed by atoms with Crippen LogP contribution >= 0.6 is 11.6 Å². The molecule has 4 heterocycles. The molecule has 1 aliphatic heterocycles. The summed E-state index contributed by atoms with van der Waals surface area (Å²) in [6, 6.07) is 8.60. The van der Waals surface area contributed by atoms with E-state index in [0.29, 0.717) is 33.7 Å². The largest absolute Gasteiger partial charge is 0.494 e. The standard InChI is InChI=1S/C31H36ClFN6O4/c1-31(2,3)43-30(41)34-21-13-20(33)15-38(16-21)29(40)19-10-22-26(24(12-19)42-5)37(4)28(35-22)23-11-18-8-9-25(32)36-27(18)39(23)14-17-6-7-17/h8-12,17,20-21H,6-7,13-16H2,1-5H3,(H,34,41)/t20-,21-/m1/s1. The Balaban J connectivity index is 1.34. The Hall–Kier alpha value is -3.86. The van der Waals surface area contributed by atoms with E-state index in [9.17, 15) is 14.0 Å². The molecule has 2 fully saturated rings. The number of imidazole rings is 1. The number of nitrogens with one attached hydrogen (secondary N) is 1. The minimum atomic E-state index is -1.29. The maximum absolute atomic E-state index is 14.8. The zero-order valence-corrected chi connectivity index (χ0v) is 25.7. The number of methoxy groups -OCH3 is 1. The van der Waals surface area contributed by atoms with Crippen LogP contribution in [-0.2, 0) is 18.3 Å². The third kappa shape index (κ3) is 6.00. The van der Waals surface area contributed by atoms with Crippen molar-refractivity contribution >= 4 is 45.7 Å². The van der Waals surface area contributed by atoms with Crippen LogP contribution in [0.15, 0.2) is 30.3 Å². The molecule has 0 spiro atoms. The number of nitrogens with zero attached hydrogens (tertiary/aromatic N) is 5. The fraction of sp³-hybridized carbons (Fsp3) is 0.484. The van der Waals surface area contributed by atoms with Gasteiger partial charge in [-0.3, -0.25) is 4.79 Å². The van der Waals surface area contributed by atoms with Crippen molar-refractivity contribution in [2.45, 2.75) is 64.4 Å². The van der Waals surface area contributed by atoms with Crippen LogP contribution in [0.2, 0.25) is 5.15 Å². The Morgan fingerprint density at radius 1 is 1.14 bits per heavy atom. The lowest BCUT2D eigenvalue weighted by atomic mass is 10.0. The highest BCUT2D eigenvalue weighted by atomic mass is 35.5. The van der Waals surface area contributed by atoms with Crippen molar-refractivity contribution in [1.29, 1.82) is 0 Å². The van der Waals surface area contributed by atoms with Crippen LogP contribution in [0.5, 0.6) is 5.75 Å². The van der Waals surface area contributed by atoms with Gasteiger partial charge in [0.25, 0.3) is 5.91 Å². The van der Waals surface area contributed by atoms with Gasteiger partial charge in [-0.1, -0.05) is 11.6 Å². The van der Waals surface area contributed by atoms with Gasteiger partial charge in [0.15, 0.2) is 5.82 Å². The van der Waals surface area contributed by atoms with Crippen LogP contribution in [0.3, 0.4) is 0 Å². The summed E-state index contributed by atoms with van der Waals surface area (Å²) in [5.74, 6) is 1.40. The van der Waals surface area contributed by atoms with Gasteiger partial charge in [-0.2, -0.15) is 0 Å². The monoisotopic (exact) mass is 610 g/mol. The van der Waals surface area contributed by atoms with E-state index in [0.717, 1.165) is 28.8 Å². The average Bonchev–Trinajstić information content (AvgIpc) is 3.60. The van der Waals surface area contributed by atoms with Crippen molar-refractivity contribution in [3.63, 3.8) is 0 Å². The molecule has 43 heavy (non-hydrogen) atoms. The number of fused-ring (bicyclic) bond motifs is 2. The molecular weight excluding hydrogens is 575 g/mol. The molecule has 2 atom stereocenters. The minimum absolute atomic E-state index is 0.0734. The molecule has 0 bridgehead atoms. The SMILES string of the molecule is COc1cc(C(=O)N2C[C@H](F)C[C@@H](NC(=O)OC(C)(C)C)C2)cc2nc(-c3cc4ccc(Cl)nc4n3CC3CC3)n(C)c12. The number of benzene rings is 1. The number of amides is 2. The Morgan fingerprint density at radius 2 is 1.91 bits per heavy atom. The fourth-order valence-corrected chi connectivity index (χ4v) is 5.96. The number of pyridine rings is 1. The van der Waals surface area contributed by atoms with E-state index in [1.54, 1.807) is 46.1 Å². The lowest BCUT2D eigenvalue weighted by molar-refractivity contribution is 0.0394. The highest BCUT2D eigenvalue weighted by molar-refractivity contribution is 6.29. The van der Waals surface area contributed by atoms with E-state index in [2.05, 4.69) is 20.9 Å². The summed E-state index contributed by atoms with van der Waals surface area (Å²) in [7, 11) is 3.46. The molecule has 10 nitrogen and oxygen atoms in total. The minimum Gasteiger partial charge on any atom is -0.494 e. The van der Waals surface area contributed by atoms with Gasteiger partial charge in [-0.15, -0.1) is 0 Å². The number of likely N-dealkylation sites (tertiary alicyclic amines) is 1. The van der Waals surface area contributed by atoms with Crippen LogP contribution in [0.4, 0.5) is 9.18 Å². The first-order chi connectivity index (χ1) is 20.4. The summed E-state index contributed by atoms with van der Waals surface area (Å²) >= 11 is 6.26. The quantitative estimate of drug-likeness (QED) is 0.279. The first kappa shape index (κ1) is 29.2. The van der Waals surface area contributed by atoms with Crippen LogP contribution in [0, 0.1) is 5.92 Å². The number of aryl methyl sites for hydroxylation is 1. The summed E-state index contributed by atoms with van der Waals surface area (Å²) in [5, 5.41) is 4.11. The van der Waals surface area contributed by atoms with Crippen molar-refractivity contribution in [2.24, 2.45) is 13.0 Å². The average molecular weight is 611 g/mol. The second kappa shape index (κ2) is 11.0. The van der Waals surface area contributed by atoms with Crippen molar-refractivity contribution in [1.82, 2.24) is 29.3 Å². The van der Waals surface area contributed by atoms with Gasteiger partial charge >= 0.3 is 6.09 Å². The van der Waals surface area contributed by atoms with Gasteiger partial charge in [0.1, 0.15) is 33.8 Å². The lowest BCUT2D eigenvalue weighted by Crippen LogP contribution is -2.54. The predicted octanol–water partition coefficient (Wildman–Crippen LogP) is 5.74. The maximum atomic E-state index is 14.8. The number of hydrogen-bond acceptors (Lipinski definition) is 6. The van der Waals surface area contributed by atoms with Crippen molar-refractivity contribution < 1.29 is 23.5 Å². The maximum Gasteiger partial charge on any atom is 0.407 e. The Labute approximate surface area is 254 Å². The number of aromatic nitrogens is 4. The Morgan fingerprint density at radius 3 is 2.60 bits per heavy atom. The molecule has 3 aromatic heterocycles. The van der Waals surface area contributed by atoms with Crippen LogP contribution in [-0.4, -0.2) is 74.0 Å². The van der Waals surface area contributed by atoms with E-state index in [4.69, 9.17) is 26.1 Å². The molecule has 0 unspecified atom stereocenters. The normalized spacial score (nSPS) is 19.2. The molecule has 1 aliphatic carbocycles. The molecule has 1 aromatic carbocycles. The summed E-state index contributed by atoms with van der Waals surface area (Å²) < 4.78 is 30.0. The van der Waals surface area contributed by atoms with Crippen molar-refractivity contribution in [3.05, 3.63) is 41.0 Å². The molecular formula is C31H36ClFN6O4. The molecule has 2 aliphatic rings. The fourth-order valence-electron chi connectivity index (χ4n) is 5.82. The molecule has 228 valence electrons. The second-order valence-corrected chi connectivity index (χ2v) is 12.9. The van der Waals surface area contributed by atoms with E-state index in [-0.39, 0.29) is 25.4 Å². The van der Waals surface area contributed by atoms with Gasteiger partial charge in [-0.05, 0) is 69.9 Å². The number of carbonyl (C=O) groups is 2. The van der Waals surface area contributed by atoms with E-state index in [1.165, 1.54) is 17.7 Å². The third-order valence-electron chi connectivity index (χ3n) is 7.89. The number of hydrogen-bond donors (Lipinski definition) is 1. The summed E-state index contributed by atoms with van der Waals surface area (Å²) in [4.78, 5) is 37.0. The van der Waals surface area contributed by atoms with Crippen molar-refractivity contribution in [2.75, 3.05) is 20.2 Å². The number of alkyl halides is 1. The molecule has 4 aromatic rings. The molecule has 6 rings (SSSR count). The van der Waals surface area contributed by atoms with Crippen LogP contribution in [0.1, 0.15) is 50.4 Å². The Bertz CT molecular complexity index is 1720. The topological polar surface area (TPSA) is 104 Å². The van der Waals surface area contributed by atoms with Gasteiger partial charge < -0.3 is 28.8 Å². The van der Waals surface area contributed by atoms with Gasteiger partial charge in [0.2, 0.25) is 0 Å². The number of rotatable bonds is 6. The molecule has 1 saturated carbocycles. The molecule has 1 saturated heterocycles. The van der Waals surface area contributed by atoms with Gasteiger partial charge in [0, 0.05) is 37.5 Å². The predicted molar refractivity (Wildman–Crippen MR) is 162 cm³/mol. The summed E-state index contributed by atoms with van der Waals surface area (Å²) in [6.07, 6.45) is 0.515.